The van der Waals surface area contributed by atoms with Gasteiger partial charge < -0.3 is 15.2 Å². The van der Waals surface area contributed by atoms with Crippen molar-refractivity contribution in [2.45, 2.75) is 12.8 Å². The van der Waals surface area contributed by atoms with Crippen molar-refractivity contribution in [2.75, 3.05) is 19.0 Å². The summed E-state index contributed by atoms with van der Waals surface area (Å²) in [7, 11) is 1.57. The first-order valence-electron chi connectivity index (χ1n) is 4.74. The first-order valence-corrected chi connectivity index (χ1v) is 5.62. The number of hydrogen-bond acceptors (Lipinski definition) is 4. The molecule has 0 aliphatic carbocycles. The molecule has 0 bridgehead atoms. The van der Waals surface area contributed by atoms with Crippen LogP contribution in [-0.4, -0.2) is 30.7 Å². The zero-order valence-electron chi connectivity index (χ0n) is 8.86. The Hall–Kier alpha value is -1.40. The maximum atomic E-state index is 11.4. The lowest BCUT2D eigenvalue weighted by Crippen LogP contribution is -2.13. The number of rotatable bonds is 6. The molecule has 0 saturated carbocycles. The average Bonchev–Trinajstić information content (AvgIpc) is 2.66. The van der Waals surface area contributed by atoms with Gasteiger partial charge in [-0.15, -0.1) is 11.3 Å². The van der Waals surface area contributed by atoms with Gasteiger partial charge in [-0.3, -0.25) is 4.79 Å². The first kappa shape index (κ1) is 12.7. The average molecular weight is 243 g/mol. The molecule has 1 heterocycles. The first-order chi connectivity index (χ1) is 7.65. The molecule has 5 nitrogen and oxygen atoms in total. The van der Waals surface area contributed by atoms with Crippen molar-refractivity contribution in [3.05, 3.63) is 17.0 Å². The number of carboxylic acids is 1. The monoisotopic (exact) mass is 243 g/mol. The Morgan fingerprint density at radius 1 is 1.56 bits per heavy atom. The number of aromatic carboxylic acids is 1. The number of thiophene rings is 1. The summed E-state index contributed by atoms with van der Waals surface area (Å²) >= 11 is 1.20. The van der Waals surface area contributed by atoms with Crippen LogP contribution in [-0.2, 0) is 9.53 Å². The van der Waals surface area contributed by atoms with E-state index in [1.54, 1.807) is 12.5 Å². The maximum absolute atomic E-state index is 11.4. The Balaban J connectivity index is 2.49. The molecule has 0 unspecified atom stereocenters. The van der Waals surface area contributed by atoms with Gasteiger partial charge in [0, 0.05) is 20.1 Å². The molecule has 6 heteroatoms. The fourth-order valence-electron chi connectivity index (χ4n) is 1.14. The normalized spacial score (nSPS) is 10.1. The van der Waals surface area contributed by atoms with Crippen molar-refractivity contribution >= 4 is 28.2 Å². The molecule has 1 amide bonds. The van der Waals surface area contributed by atoms with Crippen LogP contribution in [0.1, 0.15) is 23.2 Å². The van der Waals surface area contributed by atoms with Gasteiger partial charge in [-0.1, -0.05) is 0 Å². The third kappa shape index (κ3) is 3.63. The summed E-state index contributed by atoms with van der Waals surface area (Å²) in [5.74, 6) is -1.23. The number of hydrogen-bond donors (Lipinski definition) is 2. The Morgan fingerprint density at radius 3 is 2.94 bits per heavy atom. The van der Waals surface area contributed by atoms with E-state index in [2.05, 4.69) is 5.32 Å². The van der Waals surface area contributed by atoms with E-state index in [-0.39, 0.29) is 11.5 Å². The van der Waals surface area contributed by atoms with Gasteiger partial charge in [0.2, 0.25) is 5.91 Å². The van der Waals surface area contributed by atoms with Crippen molar-refractivity contribution < 1.29 is 19.4 Å². The predicted molar refractivity (Wildman–Crippen MR) is 61.0 cm³/mol. The predicted octanol–water partition coefficient (Wildman–Crippen LogP) is 1.81. The largest absolute Gasteiger partial charge is 0.478 e. The van der Waals surface area contributed by atoms with Gasteiger partial charge in [0.1, 0.15) is 5.00 Å². The highest BCUT2D eigenvalue weighted by Crippen LogP contribution is 2.23. The van der Waals surface area contributed by atoms with Crippen LogP contribution in [0.15, 0.2) is 11.4 Å². The third-order valence-electron chi connectivity index (χ3n) is 1.90. The summed E-state index contributed by atoms with van der Waals surface area (Å²) in [6.07, 6.45) is 0.945. The van der Waals surface area contributed by atoms with E-state index in [9.17, 15) is 9.59 Å². The molecule has 0 spiro atoms. The Bertz CT molecular complexity index is 375. The van der Waals surface area contributed by atoms with Gasteiger partial charge >= 0.3 is 5.97 Å². The fourth-order valence-corrected chi connectivity index (χ4v) is 1.94. The molecule has 0 aliphatic heterocycles. The lowest BCUT2D eigenvalue weighted by molar-refractivity contribution is -0.116. The van der Waals surface area contributed by atoms with Gasteiger partial charge in [0.25, 0.3) is 0 Å². The lowest BCUT2D eigenvalue weighted by atomic mass is 10.3. The zero-order chi connectivity index (χ0) is 12.0. The van der Waals surface area contributed by atoms with Crippen molar-refractivity contribution in [1.29, 1.82) is 0 Å². The maximum Gasteiger partial charge on any atom is 0.338 e. The molecule has 0 fully saturated rings. The second kappa shape index (κ2) is 6.24. The lowest BCUT2D eigenvalue weighted by Gasteiger charge is -2.03. The van der Waals surface area contributed by atoms with E-state index in [4.69, 9.17) is 9.84 Å². The van der Waals surface area contributed by atoms with E-state index in [1.165, 1.54) is 17.4 Å². The van der Waals surface area contributed by atoms with Crippen LogP contribution in [0.2, 0.25) is 0 Å². The minimum atomic E-state index is -1.03. The molecular formula is C10H13NO4S. The molecule has 0 aromatic carbocycles. The van der Waals surface area contributed by atoms with Gasteiger partial charge in [-0.05, 0) is 17.9 Å². The SMILES string of the molecule is COCCCC(=O)Nc1sccc1C(=O)O. The van der Waals surface area contributed by atoms with Crippen LogP contribution < -0.4 is 5.32 Å². The number of ether oxygens (including phenoxy) is 1. The number of carbonyl (C=O) groups is 2. The second-order valence-corrected chi connectivity index (χ2v) is 4.03. The van der Waals surface area contributed by atoms with Gasteiger partial charge in [0.15, 0.2) is 0 Å². The van der Waals surface area contributed by atoms with Crippen molar-refractivity contribution in [1.82, 2.24) is 0 Å². The number of anilines is 1. The Kier molecular flexibility index (Phi) is 4.94. The number of methoxy groups -OCH3 is 1. The summed E-state index contributed by atoms with van der Waals surface area (Å²) in [5.41, 5.74) is 0.130. The molecule has 1 aromatic heterocycles. The summed E-state index contributed by atoms with van der Waals surface area (Å²) in [6, 6.07) is 1.47. The summed E-state index contributed by atoms with van der Waals surface area (Å²) < 4.78 is 4.82. The van der Waals surface area contributed by atoms with E-state index in [0.29, 0.717) is 24.4 Å². The van der Waals surface area contributed by atoms with E-state index < -0.39 is 5.97 Å². The number of amides is 1. The standard InChI is InChI=1S/C10H13NO4S/c1-15-5-2-3-8(12)11-9-7(10(13)14)4-6-16-9/h4,6H,2-3,5H2,1H3,(H,11,12)(H,13,14). The van der Waals surface area contributed by atoms with Crippen LogP contribution >= 0.6 is 11.3 Å². The molecule has 2 N–H and O–H groups in total. The highest BCUT2D eigenvalue weighted by atomic mass is 32.1. The number of carbonyl (C=O) groups excluding carboxylic acids is 1. The van der Waals surface area contributed by atoms with Crippen molar-refractivity contribution in [3.63, 3.8) is 0 Å². The van der Waals surface area contributed by atoms with Crippen molar-refractivity contribution in [2.24, 2.45) is 0 Å². The second-order valence-electron chi connectivity index (χ2n) is 3.11. The minimum Gasteiger partial charge on any atom is -0.478 e. The molecule has 1 aromatic rings. The van der Waals surface area contributed by atoms with Crippen molar-refractivity contribution in [3.8, 4) is 0 Å². The number of nitrogens with one attached hydrogen (secondary N) is 1. The topological polar surface area (TPSA) is 75.6 Å². The highest BCUT2D eigenvalue weighted by molar-refractivity contribution is 7.14. The summed E-state index contributed by atoms with van der Waals surface area (Å²) in [6.45, 7) is 0.518. The molecule has 0 radical (unpaired) electrons. The molecule has 88 valence electrons. The molecular weight excluding hydrogens is 230 g/mol. The Morgan fingerprint density at radius 2 is 2.31 bits per heavy atom. The van der Waals surface area contributed by atoms with E-state index >= 15 is 0 Å². The van der Waals surface area contributed by atoms with Crippen LogP contribution in [0.3, 0.4) is 0 Å². The smallest absolute Gasteiger partial charge is 0.338 e. The van der Waals surface area contributed by atoms with Crippen LogP contribution in [0.4, 0.5) is 5.00 Å². The van der Waals surface area contributed by atoms with Crippen LogP contribution in [0, 0.1) is 0 Å². The zero-order valence-corrected chi connectivity index (χ0v) is 9.67. The van der Waals surface area contributed by atoms with Crippen LogP contribution in [0.5, 0.6) is 0 Å². The van der Waals surface area contributed by atoms with Gasteiger partial charge in [-0.25, -0.2) is 4.79 Å². The number of carboxylic acid groups (broad SMARTS) is 1. The van der Waals surface area contributed by atoms with E-state index in [0.717, 1.165) is 0 Å². The van der Waals surface area contributed by atoms with Crippen LogP contribution in [0.25, 0.3) is 0 Å². The van der Waals surface area contributed by atoms with E-state index in [1.807, 2.05) is 0 Å². The van der Waals surface area contributed by atoms with Gasteiger partial charge in [-0.2, -0.15) is 0 Å². The summed E-state index contributed by atoms with van der Waals surface area (Å²) in [5, 5.41) is 13.4. The Labute approximate surface area is 97.0 Å². The molecule has 16 heavy (non-hydrogen) atoms. The van der Waals surface area contributed by atoms with Gasteiger partial charge in [0.05, 0.1) is 5.56 Å². The summed E-state index contributed by atoms with van der Waals surface area (Å²) in [4.78, 5) is 22.2. The molecule has 0 aliphatic rings. The molecule has 0 saturated heterocycles. The fraction of sp³-hybridized carbons (Fsp3) is 0.400. The third-order valence-corrected chi connectivity index (χ3v) is 2.73. The molecule has 0 atom stereocenters. The quantitative estimate of drug-likeness (QED) is 0.747. The molecule has 1 rings (SSSR count). The minimum absolute atomic E-state index is 0.130. The highest BCUT2D eigenvalue weighted by Gasteiger charge is 2.13.